The molecule has 0 aromatic carbocycles. The molecule has 0 bridgehead atoms. The molecular formula is C15H15N5OS. The Morgan fingerprint density at radius 1 is 1.41 bits per heavy atom. The zero-order valence-corrected chi connectivity index (χ0v) is 12.9. The monoisotopic (exact) mass is 313 g/mol. The summed E-state index contributed by atoms with van der Waals surface area (Å²) in [4.78, 5) is 13.3. The molecule has 112 valence electrons. The van der Waals surface area contributed by atoms with Crippen molar-refractivity contribution in [1.29, 1.82) is 0 Å². The molecule has 0 unspecified atom stereocenters. The molecule has 4 rings (SSSR count). The zero-order valence-electron chi connectivity index (χ0n) is 12.1. The Hall–Kier alpha value is -2.41. The summed E-state index contributed by atoms with van der Waals surface area (Å²) in [6, 6.07) is 4.09. The fourth-order valence-corrected chi connectivity index (χ4v) is 3.54. The van der Waals surface area contributed by atoms with Crippen LogP contribution in [0.1, 0.15) is 28.3 Å². The highest BCUT2D eigenvalue weighted by atomic mass is 32.1. The number of amides is 1. The highest BCUT2D eigenvalue weighted by Crippen LogP contribution is 2.37. The van der Waals surface area contributed by atoms with E-state index in [1.54, 1.807) is 16.0 Å². The smallest absolute Gasteiger partial charge is 0.226 e. The van der Waals surface area contributed by atoms with Crippen molar-refractivity contribution in [1.82, 2.24) is 19.6 Å². The molecule has 0 fully saturated rings. The molecule has 3 aromatic heterocycles. The zero-order chi connectivity index (χ0) is 15.1. The molecule has 1 aliphatic heterocycles. The summed E-state index contributed by atoms with van der Waals surface area (Å²) in [5.74, 6) is 0.849. The SMILES string of the molecule is Cn1cc([C@H]2CC(=O)Nc3c2cnn3Cc2cccs2)cn1. The number of fused-ring (bicyclic) bond motifs is 1. The Labute approximate surface area is 131 Å². The molecule has 1 N–H and O–H groups in total. The average molecular weight is 313 g/mol. The van der Waals surface area contributed by atoms with E-state index in [0.29, 0.717) is 13.0 Å². The van der Waals surface area contributed by atoms with Gasteiger partial charge < -0.3 is 5.32 Å². The van der Waals surface area contributed by atoms with Crippen LogP contribution >= 0.6 is 11.3 Å². The summed E-state index contributed by atoms with van der Waals surface area (Å²) in [5.41, 5.74) is 2.11. The summed E-state index contributed by atoms with van der Waals surface area (Å²) in [6.45, 7) is 0.674. The molecule has 1 amide bonds. The summed E-state index contributed by atoms with van der Waals surface area (Å²) < 4.78 is 3.62. The van der Waals surface area contributed by atoms with Crippen molar-refractivity contribution in [2.75, 3.05) is 5.32 Å². The van der Waals surface area contributed by atoms with E-state index in [1.165, 1.54) is 4.88 Å². The highest BCUT2D eigenvalue weighted by molar-refractivity contribution is 7.09. The number of aryl methyl sites for hydroxylation is 1. The van der Waals surface area contributed by atoms with Crippen LogP contribution in [0, 0.1) is 0 Å². The lowest BCUT2D eigenvalue weighted by Crippen LogP contribution is -2.24. The quantitative estimate of drug-likeness (QED) is 0.806. The molecule has 0 radical (unpaired) electrons. The molecule has 1 atom stereocenters. The second-order valence-corrected chi connectivity index (χ2v) is 6.47. The first kappa shape index (κ1) is 13.3. The van der Waals surface area contributed by atoms with Crippen molar-refractivity contribution in [2.24, 2.45) is 7.05 Å². The van der Waals surface area contributed by atoms with Crippen LogP contribution in [0.2, 0.25) is 0 Å². The number of rotatable bonds is 3. The van der Waals surface area contributed by atoms with Gasteiger partial charge in [-0.05, 0) is 17.0 Å². The molecule has 0 saturated carbocycles. The van der Waals surface area contributed by atoms with E-state index in [1.807, 2.05) is 41.8 Å². The van der Waals surface area contributed by atoms with Gasteiger partial charge in [0.1, 0.15) is 5.82 Å². The van der Waals surface area contributed by atoms with Crippen molar-refractivity contribution in [3.8, 4) is 0 Å². The molecule has 0 saturated heterocycles. The van der Waals surface area contributed by atoms with Gasteiger partial charge in [0.05, 0.1) is 18.9 Å². The van der Waals surface area contributed by atoms with Crippen molar-refractivity contribution in [2.45, 2.75) is 18.9 Å². The van der Waals surface area contributed by atoms with E-state index in [0.717, 1.165) is 16.9 Å². The number of nitrogens with one attached hydrogen (secondary N) is 1. The van der Waals surface area contributed by atoms with Gasteiger partial charge in [0, 0.05) is 36.0 Å². The minimum atomic E-state index is 0.0225. The van der Waals surface area contributed by atoms with Crippen LogP contribution in [-0.2, 0) is 18.4 Å². The molecule has 4 heterocycles. The third-order valence-electron chi connectivity index (χ3n) is 3.90. The van der Waals surface area contributed by atoms with Crippen LogP contribution in [0.25, 0.3) is 0 Å². The first-order valence-corrected chi connectivity index (χ1v) is 7.95. The maximum Gasteiger partial charge on any atom is 0.226 e. The topological polar surface area (TPSA) is 64.7 Å². The van der Waals surface area contributed by atoms with Gasteiger partial charge in [-0.15, -0.1) is 11.3 Å². The maximum absolute atomic E-state index is 12.1. The van der Waals surface area contributed by atoms with Gasteiger partial charge in [-0.1, -0.05) is 6.07 Å². The van der Waals surface area contributed by atoms with E-state index in [4.69, 9.17) is 0 Å². The van der Waals surface area contributed by atoms with Crippen LogP contribution < -0.4 is 5.32 Å². The number of carbonyl (C=O) groups is 1. The average Bonchev–Trinajstić information content (AvgIpc) is 3.21. The third kappa shape index (κ3) is 2.23. The summed E-state index contributed by atoms with van der Waals surface area (Å²) >= 11 is 1.69. The lowest BCUT2D eigenvalue weighted by Gasteiger charge is -2.22. The Bertz CT molecular complexity index is 817. The maximum atomic E-state index is 12.1. The second-order valence-electron chi connectivity index (χ2n) is 5.44. The Morgan fingerprint density at radius 3 is 3.05 bits per heavy atom. The van der Waals surface area contributed by atoms with Crippen LogP contribution in [0.5, 0.6) is 0 Å². The van der Waals surface area contributed by atoms with Gasteiger partial charge in [-0.2, -0.15) is 10.2 Å². The normalized spacial score (nSPS) is 17.3. The fourth-order valence-electron chi connectivity index (χ4n) is 2.86. The van der Waals surface area contributed by atoms with Crippen molar-refractivity contribution in [3.05, 3.63) is 52.1 Å². The van der Waals surface area contributed by atoms with Gasteiger partial charge in [0.15, 0.2) is 0 Å². The molecule has 22 heavy (non-hydrogen) atoms. The van der Waals surface area contributed by atoms with Crippen LogP contribution in [-0.4, -0.2) is 25.5 Å². The van der Waals surface area contributed by atoms with Gasteiger partial charge in [-0.25, -0.2) is 4.68 Å². The first-order chi connectivity index (χ1) is 10.7. The minimum Gasteiger partial charge on any atom is -0.311 e. The molecule has 6 nitrogen and oxygen atoms in total. The van der Waals surface area contributed by atoms with Crippen LogP contribution in [0.15, 0.2) is 36.1 Å². The van der Waals surface area contributed by atoms with Crippen molar-refractivity contribution >= 4 is 23.1 Å². The van der Waals surface area contributed by atoms with E-state index >= 15 is 0 Å². The number of hydrogen-bond donors (Lipinski definition) is 1. The standard InChI is InChI=1S/C15H15N5OS/c1-19-8-10(6-16-19)12-5-14(21)18-15-13(12)7-17-20(15)9-11-3-2-4-22-11/h2-4,6-8,12H,5,9H2,1H3,(H,18,21)/t12-/m1/s1. The number of nitrogens with zero attached hydrogens (tertiary/aromatic N) is 4. The van der Waals surface area contributed by atoms with Crippen molar-refractivity contribution in [3.63, 3.8) is 0 Å². The van der Waals surface area contributed by atoms with Gasteiger partial charge in [-0.3, -0.25) is 9.48 Å². The Balaban J connectivity index is 1.72. The summed E-state index contributed by atoms with van der Waals surface area (Å²) in [5, 5.41) is 13.7. The minimum absolute atomic E-state index is 0.0225. The largest absolute Gasteiger partial charge is 0.311 e. The van der Waals surface area contributed by atoms with Crippen molar-refractivity contribution < 1.29 is 4.79 Å². The number of anilines is 1. The van der Waals surface area contributed by atoms with E-state index < -0.39 is 0 Å². The van der Waals surface area contributed by atoms with Gasteiger partial charge in [0.2, 0.25) is 5.91 Å². The fraction of sp³-hybridized carbons (Fsp3) is 0.267. The van der Waals surface area contributed by atoms with E-state index in [9.17, 15) is 4.79 Å². The first-order valence-electron chi connectivity index (χ1n) is 7.07. The molecular weight excluding hydrogens is 298 g/mol. The Morgan fingerprint density at radius 2 is 2.32 bits per heavy atom. The lowest BCUT2D eigenvalue weighted by atomic mass is 9.89. The van der Waals surface area contributed by atoms with Crippen LogP contribution in [0.3, 0.4) is 0 Å². The summed E-state index contributed by atoms with van der Waals surface area (Å²) in [7, 11) is 1.88. The number of carbonyl (C=O) groups excluding carboxylic acids is 1. The predicted octanol–water partition coefficient (Wildman–Crippen LogP) is 2.20. The lowest BCUT2D eigenvalue weighted by molar-refractivity contribution is -0.116. The number of thiophene rings is 1. The molecule has 3 aromatic rings. The molecule has 1 aliphatic rings. The molecule has 0 spiro atoms. The number of aromatic nitrogens is 4. The second kappa shape index (κ2) is 5.10. The molecule has 0 aliphatic carbocycles. The molecule has 7 heteroatoms. The third-order valence-corrected chi connectivity index (χ3v) is 4.76. The highest BCUT2D eigenvalue weighted by Gasteiger charge is 2.30. The number of hydrogen-bond acceptors (Lipinski definition) is 4. The Kier molecular flexibility index (Phi) is 3.07. The van der Waals surface area contributed by atoms with Crippen LogP contribution in [0.4, 0.5) is 5.82 Å². The van der Waals surface area contributed by atoms with Gasteiger partial charge >= 0.3 is 0 Å². The predicted molar refractivity (Wildman–Crippen MR) is 83.9 cm³/mol. The summed E-state index contributed by atoms with van der Waals surface area (Å²) in [6.07, 6.45) is 6.08. The van der Waals surface area contributed by atoms with E-state index in [-0.39, 0.29) is 11.8 Å². The van der Waals surface area contributed by atoms with E-state index in [2.05, 4.69) is 21.6 Å². The van der Waals surface area contributed by atoms with Gasteiger partial charge in [0.25, 0.3) is 0 Å².